The molecule has 0 aliphatic carbocycles. The molecule has 0 saturated heterocycles. The normalized spacial score (nSPS) is 13.3. The van der Waals surface area contributed by atoms with Gasteiger partial charge in [-0.05, 0) is 38.8 Å². The first-order chi connectivity index (χ1) is 5.70. The number of rotatable bonds is 5. The van der Waals surface area contributed by atoms with Crippen molar-refractivity contribution < 1.29 is 4.74 Å². The second-order valence-corrected chi connectivity index (χ2v) is 2.93. The van der Waals surface area contributed by atoms with Gasteiger partial charge in [-0.1, -0.05) is 20.3 Å². The zero-order chi connectivity index (χ0) is 9.40. The summed E-state index contributed by atoms with van der Waals surface area (Å²) in [5.74, 6) is 2.02. The van der Waals surface area contributed by atoms with E-state index in [0.717, 1.165) is 24.4 Å². The Balaban J connectivity index is 3.82. The van der Waals surface area contributed by atoms with Crippen molar-refractivity contribution in [1.29, 1.82) is 0 Å². The van der Waals surface area contributed by atoms with Gasteiger partial charge in [0.1, 0.15) is 0 Å². The maximum atomic E-state index is 5.52. The van der Waals surface area contributed by atoms with Crippen LogP contribution in [0.5, 0.6) is 0 Å². The van der Waals surface area contributed by atoms with Crippen LogP contribution >= 0.6 is 0 Å². The zero-order valence-electron chi connectivity index (χ0n) is 8.68. The lowest BCUT2D eigenvalue weighted by atomic mass is 10.3. The SMILES string of the molecule is CC/C=C(\C)O/C(C)=C/CCC. The van der Waals surface area contributed by atoms with Crippen LogP contribution in [0.1, 0.15) is 47.0 Å². The van der Waals surface area contributed by atoms with Gasteiger partial charge in [0, 0.05) is 0 Å². The lowest BCUT2D eigenvalue weighted by molar-refractivity contribution is 0.305. The highest BCUT2D eigenvalue weighted by Crippen LogP contribution is 2.07. The molecule has 0 aromatic rings. The van der Waals surface area contributed by atoms with Crippen LogP contribution in [0.4, 0.5) is 0 Å². The molecule has 1 nitrogen and oxygen atoms in total. The molecule has 0 saturated carbocycles. The minimum atomic E-state index is 1.00. The van der Waals surface area contributed by atoms with E-state index in [1.807, 2.05) is 13.8 Å². The molecule has 0 bridgehead atoms. The summed E-state index contributed by atoms with van der Waals surface area (Å²) in [5.41, 5.74) is 0. The Hall–Kier alpha value is -0.720. The van der Waals surface area contributed by atoms with Gasteiger partial charge in [-0.25, -0.2) is 0 Å². The molecular weight excluding hydrogens is 148 g/mol. The lowest BCUT2D eigenvalue weighted by Gasteiger charge is -2.05. The van der Waals surface area contributed by atoms with Crippen LogP contribution in [-0.4, -0.2) is 0 Å². The summed E-state index contributed by atoms with van der Waals surface area (Å²) < 4.78 is 5.52. The molecule has 0 aromatic carbocycles. The summed E-state index contributed by atoms with van der Waals surface area (Å²) in [6.07, 6.45) is 7.53. The molecule has 0 aliphatic rings. The topological polar surface area (TPSA) is 9.23 Å². The van der Waals surface area contributed by atoms with Crippen molar-refractivity contribution in [1.82, 2.24) is 0 Å². The molecule has 0 spiro atoms. The average Bonchev–Trinajstić information content (AvgIpc) is 2.01. The molecule has 1 heteroatoms. The molecular formula is C11H20O. The van der Waals surface area contributed by atoms with Crippen molar-refractivity contribution in [3.8, 4) is 0 Å². The van der Waals surface area contributed by atoms with Gasteiger partial charge < -0.3 is 4.74 Å². The molecule has 0 fully saturated rings. The maximum absolute atomic E-state index is 5.52. The Morgan fingerprint density at radius 1 is 1.08 bits per heavy atom. The third-order valence-electron chi connectivity index (χ3n) is 1.53. The van der Waals surface area contributed by atoms with Gasteiger partial charge in [-0.15, -0.1) is 0 Å². The first-order valence-corrected chi connectivity index (χ1v) is 4.72. The first kappa shape index (κ1) is 11.3. The standard InChI is InChI=1S/C11H20O/c1-5-7-9-11(4)12-10(3)8-6-2/h8-9H,5-7H2,1-4H3/b10-8+,11-9+. The van der Waals surface area contributed by atoms with E-state index in [1.54, 1.807) is 0 Å². The summed E-state index contributed by atoms with van der Waals surface area (Å²) in [5, 5.41) is 0. The molecule has 12 heavy (non-hydrogen) atoms. The van der Waals surface area contributed by atoms with Crippen LogP contribution in [0.3, 0.4) is 0 Å². The lowest BCUT2D eigenvalue weighted by Crippen LogP contribution is -1.85. The van der Waals surface area contributed by atoms with E-state index >= 15 is 0 Å². The van der Waals surface area contributed by atoms with E-state index in [1.165, 1.54) is 6.42 Å². The van der Waals surface area contributed by atoms with Gasteiger partial charge >= 0.3 is 0 Å². The van der Waals surface area contributed by atoms with Crippen LogP contribution in [0.2, 0.25) is 0 Å². The van der Waals surface area contributed by atoms with Gasteiger partial charge in [0.05, 0.1) is 11.5 Å². The van der Waals surface area contributed by atoms with Crippen molar-refractivity contribution in [3.05, 3.63) is 23.7 Å². The molecule has 0 atom stereocenters. The van der Waals surface area contributed by atoms with Crippen molar-refractivity contribution >= 4 is 0 Å². The van der Waals surface area contributed by atoms with Crippen LogP contribution in [0, 0.1) is 0 Å². The molecule has 0 unspecified atom stereocenters. The monoisotopic (exact) mass is 168 g/mol. The highest BCUT2D eigenvalue weighted by Gasteiger charge is 1.90. The van der Waals surface area contributed by atoms with Gasteiger partial charge in [0.15, 0.2) is 0 Å². The Bertz CT molecular complexity index is 166. The van der Waals surface area contributed by atoms with Crippen molar-refractivity contribution in [2.24, 2.45) is 0 Å². The molecule has 0 heterocycles. The quantitative estimate of drug-likeness (QED) is 0.563. The minimum absolute atomic E-state index is 1.00. The van der Waals surface area contributed by atoms with E-state index in [2.05, 4.69) is 26.0 Å². The zero-order valence-corrected chi connectivity index (χ0v) is 8.68. The summed E-state index contributed by atoms with van der Waals surface area (Å²) in [7, 11) is 0. The van der Waals surface area contributed by atoms with E-state index in [-0.39, 0.29) is 0 Å². The van der Waals surface area contributed by atoms with Crippen LogP contribution in [0.25, 0.3) is 0 Å². The van der Waals surface area contributed by atoms with E-state index in [9.17, 15) is 0 Å². The fourth-order valence-corrected chi connectivity index (χ4v) is 0.972. The number of ether oxygens (including phenoxy) is 1. The molecule has 0 N–H and O–H groups in total. The number of unbranched alkanes of at least 4 members (excludes halogenated alkanes) is 1. The molecule has 0 rings (SSSR count). The number of allylic oxidation sites excluding steroid dienone is 4. The second kappa shape index (κ2) is 6.96. The smallest absolute Gasteiger partial charge is 0.0965 e. The van der Waals surface area contributed by atoms with Crippen molar-refractivity contribution in [3.63, 3.8) is 0 Å². The van der Waals surface area contributed by atoms with Crippen molar-refractivity contribution in [2.75, 3.05) is 0 Å². The third-order valence-corrected chi connectivity index (χ3v) is 1.53. The molecule has 70 valence electrons. The molecule has 0 aliphatic heterocycles. The van der Waals surface area contributed by atoms with Crippen molar-refractivity contribution in [2.45, 2.75) is 47.0 Å². The predicted octanol–water partition coefficient (Wildman–Crippen LogP) is 4.02. The van der Waals surface area contributed by atoms with E-state index in [4.69, 9.17) is 4.74 Å². The van der Waals surface area contributed by atoms with Gasteiger partial charge in [0.25, 0.3) is 0 Å². The second-order valence-electron chi connectivity index (χ2n) is 2.93. The summed E-state index contributed by atoms with van der Waals surface area (Å²) in [6.45, 7) is 8.27. The highest BCUT2D eigenvalue weighted by molar-refractivity contribution is 4.97. The number of hydrogen-bond acceptors (Lipinski definition) is 1. The van der Waals surface area contributed by atoms with Gasteiger partial charge in [-0.3, -0.25) is 0 Å². The highest BCUT2D eigenvalue weighted by atomic mass is 16.5. The van der Waals surface area contributed by atoms with Gasteiger partial charge in [0.2, 0.25) is 0 Å². The minimum Gasteiger partial charge on any atom is -0.467 e. The van der Waals surface area contributed by atoms with E-state index < -0.39 is 0 Å². The largest absolute Gasteiger partial charge is 0.467 e. The first-order valence-electron chi connectivity index (χ1n) is 4.72. The average molecular weight is 168 g/mol. The van der Waals surface area contributed by atoms with Crippen LogP contribution in [0.15, 0.2) is 23.7 Å². The van der Waals surface area contributed by atoms with E-state index in [0.29, 0.717) is 0 Å². The molecule has 0 aromatic heterocycles. The Labute approximate surface area is 76.1 Å². The summed E-state index contributed by atoms with van der Waals surface area (Å²) in [6, 6.07) is 0. The fraction of sp³-hybridized carbons (Fsp3) is 0.636. The third kappa shape index (κ3) is 6.02. The Morgan fingerprint density at radius 3 is 2.17 bits per heavy atom. The Kier molecular flexibility index (Phi) is 6.54. The predicted molar refractivity (Wildman–Crippen MR) is 53.8 cm³/mol. The molecule has 0 radical (unpaired) electrons. The summed E-state index contributed by atoms with van der Waals surface area (Å²) in [4.78, 5) is 0. The Morgan fingerprint density at radius 2 is 1.67 bits per heavy atom. The van der Waals surface area contributed by atoms with Gasteiger partial charge in [-0.2, -0.15) is 0 Å². The summed E-state index contributed by atoms with van der Waals surface area (Å²) >= 11 is 0. The maximum Gasteiger partial charge on any atom is 0.0965 e. The number of hydrogen-bond donors (Lipinski definition) is 0. The molecule has 0 amide bonds. The van der Waals surface area contributed by atoms with Crippen LogP contribution in [-0.2, 0) is 4.74 Å². The van der Waals surface area contributed by atoms with Crippen LogP contribution < -0.4 is 0 Å². The fourth-order valence-electron chi connectivity index (χ4n) is 0.972.